The SMILES string of the molecule is Cc1ncc(CO)c(/C=N/Nc2ccc(C(=O)O)cc2)c1O. The van der Waals surface area contributed by atoms with Crippen LogP contribution in [0.4, 0.5) is 5.69 Å². The summed E-state index contributed by atoms with van der Waals surface area (Å²) in [4.78, 5) is 14.7. The summed E-state index contributed by atoms with van der Waals surface area (Å²) in [6.07, 6.45) is 2.85. The molecule has 1 aromatic carbocycles. The number of carboxylic acid groups (broad SMARTS) is 1. The fourth-order valence-corrected chi connectivity index (χ4v) is 1.78. The number of nitrogens with one attached hydrogen (secondary N) is 1. The van der Waals surface area contributed by atoms with Crippen molar-refractivity contribution < 1.29 is 20.1 Å². The Labute approximate surface area is 126 Å². The Bertz CT molecular complexity index is 711. The third-order valence-electron chi connectivity index (χ3n) is 3.05. The number of aromatic nitrogens is 1. The fraction of sp³-hybridized carbons (Fsp3) is 0.133. The van der Waals surface area contributed by atoms with E-state index in [4.69, 9.17) is 5.11 Å². The highest BCUT2D eigenvalue weighted by molar-refractivity contribution is 5.88. The lowest BCUT2D eigenvalue weighted by atomic mass is 10.1. The minimum absolute atomic E-state index is 0.0432. The summed E-state index contributed by atoms with van der Waals surface area (Å²) < 4.78 is 0. The summed E-state index contributed by atoms with van der Waals surface area (Å²) in [7, 11) is 0. The highest BCUT2D eigenvalue weighted by Crippen LogP contribution is 2.22. The van der Waals surface area contributed by atoms with Crippen LogP contribution in [0.3, 0.4) is 0 Å². The van der Waals surface area contributed by atoms with E-state index in [-0.39, 0.29) is 17.9 Å². The van der Waals surface area contributed by atoms with Gasteiger partial charge in [-0.1, -0.05) is 0 Å². The number of nitrogens with zero attached hydrogens (tertiary/aromatic N) is 2. The minimum atomic E-state index is -1.00. The van der Waals surface area contributed by atoms with E-state index < -0.39 is 5.97 Å². The highest BCUT2D eigenvalue weighted by Gasteiger charge is 2.09. The summed E-state index contributed by atoms with van der Waals surface area (Å²) in [5.41, 5.74) is 4.76. The monoisotopic (exact) mass is 301 g/mol. The Kier molecular flexibility index (Phi) is 4.70. The Morgan fingerprint density at radius 2 is 2.05 bits per heavy atom. The van der Waals surface area contributed by atoms with Gasteiger partial charge in [-0.15, -0.1) is 0 Å². The third-order valence-corrected chi connectivity index (χ3v) is 3.05. The molecule has 1 heterocycles. The Morgan fingerprint density at radius 1 is 1.36 bits per heavy atom. The molecule has 0 amide bonds. The van der Waals surface area contributed by atoms with E-state index in [0.717, 1.165) is 0 Å². The van der Waals surface area contributed by atoms with Crippen molar-refractivity contribution in [2.45, 2.75) is 13.5 Å². The van der Waals surface area contributed by atoms with E-state index in [0.29, 0.717) is 22.5 Å². The quantitative estimate of drug-likeness (QED) is 0.494. The first-order chi connectivity index (χ1) is 10.5. The summed E-state index contributed by atoms with van der Waals surface area (Å²) in [6, 6.07) is 6.05. The second-order valence-electron chi connectivity index (χ2n) is 4.54. The number of benzene rings is 1. The maximum absolute atomic E-state index is 10.7. The fourth-order valence-electron chi connectivity index (χ4n) is 1.78. The van der Waals surface area contributed by atoms with Gasteiger partial charge in [-0.05, 0) is 31.2 Å². The molecule has 7 nitrogen and oxygen atoms in total. The largest absolute Gasteiger partial charge is 0.505 e. The Hall–Kier alpha value is -2.93. The number of aryl methyl sites for hydroxylation is 1. The van der Waals surface area contributed by atoms with E-state index in [2.05, 4.69) is 15.5 Å². The van der Waals surface area contributed by atoms with Gasteiger partial charge in [0.05, 0.1) is 29.8 Å². The van der Waals surface area contributed by atoms with Crippen molar-refractivity contribution in [3.63, 3.8) is 0 Å². The van der Waals surface area contributed by atoms with Crippen molar-refractivity contribution >= 4 is 17.9 Å². The first-order valence-electron chi connectivity index (χ1n) is 6.43. The standard InChI is InChI=1S/C15H15N3O4/c1-9-14(20)13(11(8-19)6-16-9)7-17-18-12-4-2-10(3-5-12)15(21)22/h2-7,18-20H,8H2,1H3,(H,21,22)/b17-7+. The third kappa shape index (κ3) is 3.39. The van der Waals surface area contributed by atoms with Crippen LogP contribution < -0.4 is 5.43 Å². The van der Waals surface area contributed by atoms with Gasteiger partial charge in [0.1, 0.15) is 5.75 Å². The molecule has 0 bridgehead atoms. The van der Waals surface area contributed by atoms with Gasteiger partial charge in [-0.3, -0.25) is 10.4 Å². The molecule has 0 saturated carbocycles. The van der Waals surface area contributed by atoms with Crippen molar-refractivity contribution in [1.29, 1.82) is 0 Å². The molecule has 0 spiro atoms. The van der Waals surface area contributed by atoms with E-state index in [9.17, 15) is 15.0 Å². The van der Waals surface area contributed by atoms with E-state index in [1.165, 1.54) is 24.5 Å². The summed E-state index contributed by atoms with van der Waals surface area (Å²) in [5.74, 6) is -1.04. The molecule has 114 valence electrons. The molecule has 0 aliphatic carbocycles. The number of pyridine rings is 1. The van der Waals surface area contributed by atoms with E-state index in [1.807, 2.05) is 0 Å². The van der Waals surface area contributed by atoms with Gasteiger partial charge in [0.2, 0.25) is 0 Å². The minimum Gasteiger partial charge on any atom is -0.505 e. The van der Waals surface area contributed by atoms with Gasteiger partial charge >= 0.3 is 5.97 Å². The molecule has 0 unspecified atom stereocenters. The molecule has 0 saturated heterocycles. The number of carboxylic acids is 1. The van der Waals surface area contributed by atoms with Crippen LogP contribution in [0.2, 0.25) is 0 Å². The van der Waals surface area contributed by atoms with Crippen molar-refractivity contribution in [2.24, 2.45) is 5.10 Å². The summed E-state index contributed by atoms with van der Waals surface area (Å²) in [5, 5.41) is 32.0. The zero-order valence-corrected chi connectivity index (χ0v) is 11.8. The number of anilines is 1. The maximum atomic E-state index is 10.7. The van der Waals surface area contributed by atoms with Crippen LogP contribution >= 0.6 is 0 Å². The first-order valence-corrected chi connectivity index (χ1v) is 6.43. The molecule has 7 heteroatoms. The van der Waals surface area contributed by atoms with E-state index in [1.54, 1.807) is 19.1 Å². The molecule has 0 aliphatic heterocycles. The molecule has 2 rings (SSSR count). The van der Waals surface area contributed by atoms with Gasteiger partial charge in [-0.25, -0.2) is 4.79 Å². The lowest BCUT2D eigenvalue weighted by molar-refractivity contribution is 0.0697. The highest BCUT2D eigenvalue weighted by atomic mass is 16.4. The smallest absolute Gasteiger partial charge is 0.335 e. The number of carbonyl (C=O) groups is 1. The number of aromatic carboxylic acids is 1. The molecule has 4 N–H and O–H groups in total. The molecule has 22 heavy (non-hydrogen) atoms. The number of aromatic hydroxyl groups is 1. The number of rotatable bonds is 5. The van der Waals surface area contributed by atoms with E-state index >= 15 is 0 Å². The molecular formula is C15H15N3O4. The lowest BCUT2D eigenvalue weighted by Gasteiger charge is -2.07. The van der Waals surface area contributed by atoms with Gasteiger partial charge in [0, 0.05) is 17.3 Å². The average molecular weight is 301 g/mol. The predicted octanol–water partition coefficient (Wildman–Crippen LogP) is 1.73. The number of hydrogen-bond donors (Lipinski definition) is 4. The zero-order valence-electron chi connectivity index (χ0n) is 11.8. The Balaban J connectivity index is 2.16. The average Bonchev–Trinajstić information content (AvgIpc) is 2.52. The van der Waals surface area contributed by atoms with Gasteiger partial charge in [0.15, 0.2) is 0 Å². The van der Waals surface area contributed by atoms with Crippen LogP contribution in [0.5, 0.6) is 5.75 Å². The second kappa shape index (κ2) is 6.68. The maximum Gasteiger partial charge on any atom is 0.335 e. The molecule has 1 aromatic heterocycles. The van der Waals surface area contributed by atoms with Crippen LogP contribution in [-0.2, 0) is 6.61 Å². The van der Waals surface area contributed by atoms with Crippen LogP contribution in [0, 0.1) is 6.92 Å². The van der Waals surface area contributed by atoms with Crippen LogP contribution in [0.1, 0.15) is 27.2 Å². The molecule has 0 aliphatic rings. The summed E-state index contributed by atoms with van der Waals surface area (Å²) >= 11 is 0. The lowest BCUT2D eigenvalue weighted by Crippen LogP contribution is -2.00. The Morgan fingerprint density at radius 3 is 2.64 bits per heavy atom. The van der Waals surface area contributed by atoms with Crippen LogP contribution in [0.15, 0.2) is 35.6 Å². The predicted molar refractivity (Wildman–Crippen MR) is 81.2 cm³/mol. The van der Waals surface area contributed by atoms with Crippen LogP contribution in [-0.4, -0.2) is 32.5 Å². The number of hydrazone groups is 1. The molecule has 0 radical (unpaired) electrons. The summed E-state index contributed by atoms with van der Waals surface area (Å²) in [6.45, 7) is 1.38. The first kappa shape index (κ1) is 15.5. The van der Waals surface area contributed by atoms with Gasteiger partial charge in [-0.2, -0.15) is 5.10 Å². The van der Waals surface area contributed by atoms with Crippen molar-refractivity contribution in [3.8, 4) is 5.75 Å². The van der Waals surface area contributed by atoms with Crippen molar-refractivity contribution in [2.75, 3.05) is 5.43 Å². The van der Waals surface area contributed by atoms with Gasteiger partial charge in [0.25, 0.3) is 0 Å². The second-order valence-corrected chi connectivity index (χ2v) is 4.54. The number of hydrogen-bond acceptors (Lipinski definition) is 6. The molecular weight excluding hydrogens is 286 g/mol. The molecule has 2 aromatic rings. The number of aliphatic hydroxyl groups is 1. The number of aliphatic hydroxyl groups excluding tert-OH is 1. The van der Waals surface area contributed by atoms with Crippen LogP contribution in [0.25, 0.3) is 0 Å². The van der Waals surface area contributed by atoms with Gasteiger partial charge < -0.3 is 15.3 Å². The molecule has 0 atom stereocenters. The van der Waals surface area contributed by atoms with Crippen molar-refractivity contribution in [1.82, 2.24) is 4.98 Å². The molecule has 0 fully saturated rings. The van der Waals surface area contributed by atoms with Crippen molar-refractivity contribution in [3.05, 3.63) is 52.8 Å². The zero-order chi connectivity index (χ0) is 16.1. The topological polar surface area (TPSA) is 115 Å². The normalized spacial score (nSPS) is 10.8.